The zero-order valence-corrected chi connectivity index (χ0v) is 12.9. The van der Waals surface area contributed by atoms with Crippen LogP contribution in [-0.2, 0) is 6.54 Å². The summed E-state index contributed by atoms with van der Waals surface area (Å²) in [5, 5.41) is 0. The standard InChI is InChI=1S/C15H22FN3S/c1-11-9-18(2)4-3-5-19(11)10-12-6-13(15(17)20)8-14(16)7-12/h6-8,11H,3-5,9-10H2,1-2H3,(H2,17,20). The fraction of sp³-hybridized carbons (Fsp3) is 0.533. The maximum absolute atomic E-state index is 13.6. The van der Waals surface area contributed by atoms with Crippen LogP contribution in [0.4, 0.5) is 4.39 Å². The average Bonchev–Trinajstić information content (AvgIpc) is 2.50. The van der Waals surface area contributed by atoms with E-state index in [2.05, 4.69) is 23.8 Å². The SMILES string of the molecule is CC1CN(C)CCCN1Cc1cc(F)cc(C(N)=S)c1. The van der Waals surface area contributed by atoms with Gasteiger partial charge in [0.15, 0.2) is 0 Å². The summed E-state index contributed by atoms with van der Waals surface area (Å²) in [4.78, 5) is 4.98. The quantitative estimate of drug-likeness (QED) is 0.865. The Kier molecular flexibility index (Phi) is 5.07. The maximum atomic E-state index is 13.6. The van der Waals surface area contributed by atoms with Crippen molar-refractivity contribution in [2.24, 2.45) is 5.73 Å². The van der Waals surface area contributed by atoms with Crippen LogP contribution in [0.3, 0.4) is 0 Å². The highest BCUT2D eigenvalue weighted by atomic mass is 32.1. The van der Waals surface area contributed by atoms with Crippen molar-refractivity contribution in [3.63, 3.8) is 0 Å². The first-order chi connectivity index (χ1) is 9.45. The molecule has 1 aliphatic heterocycles. The molecule has 2 N–H and O–H groups in total. The van der Waals surface area contributed by atoms with Gasteiger partial charge in [0.1, 0.15) is 10.8 Å². The summed E-state index contributed by atoms with van der Waals surface area (Å²) < 4.78 is 13.6. The molecule has 1 unspecified atom stereocenters. The summed E-state index contributed by atoms with van der Waals surface area (Å²) in [5.74, 6) is -0.273. The third-order valence-corrected chi connectivity index (χ3v) is 4.05. The topological polar surface area (TPSA) is 32.5 Å². The molecule has 0 radical (unpaired) electrons. The number of hydrogen-bond donors (Lipinski definition) is 1. The van der Waals surface area contributed by atoms with Crippen molar-refractivity contribution in [3.05, 3.63) is 35.1 Å². The molecule has 1 aromatic carbocycles. The van der Waals surface area contributed by atoms with Crippen LogP contribution in [0.5, 0.6) is 0 Å². The normalized spacial score (nSPS) is 21.6. The van der Waals surface area contributed by atoms with E-state index in [1.807, 2.05) is 6.07 Å². The molecule has 0 amide bonds. The molecule has 1 heterocycles. The van der Waals surface area contributed by atoms with E-state index in [9.17, 15) is 4.39 Å². The molecule has 1 atom stereocenters. The molecule has 110 valence electrons. The zero-order chi connectivity index (χ0) is 14.7. The molecule has 1 fully saturated rings. The lowest BCUT2D eigenvalue weighted by Crippen LogP contribution is -2.37. The summed E-state index contributed by atoms with van der Waals surface area (Å²) in [5.41, 5.74) is 7.14. The van der Waals surface area contributed by atoms with Crippen molar-refractivity contribution in [1.29, 1.82) is 0 Å². The molecule has 20 heavy (non-hydrogen) atoms. The lowest BCUT2D eigenvalue weighted by molar-refractivity contribution is 0.194. The minimum atomic E-state index is -0.273. The molecule has 2 rings (SSSR count). The molecule has 0 bridgehead atoms. The highest BCUT2D eigenvalue weighted by molar-refractivity contribution is 7.80. The van der Waals surface area contributed by atoms with Crippen LogP contribution in [0.2, 0.25) is 0 Å². The highest BCUT2D eigenvalue weighted by Crippen LogP contribution is 2.16. The van der Waals surface area contributed by atoms with Crippen molar-refractivity contribution in [3.8, 4) is 0 Å². The first-order valence-corrected chi connectivity index (χ1v) is 7.38. The second kappa shape index (κ2) is 6.61. The summed E-state index contributed by atoms with van der Waals surface area (Å²) >= 11 is 4.94. The molecule has 1 aliphatic rings. The fourth-order valence-electron chi connectivity index (χ4n) is 2.78. The Labute approximate surface area is 125 Å². The van der Waals surface area contributed by atoms with E-state index in [1.54, 1.807) is 6.07 Å². The predicted octanol–water partition coefficient (Wildman–Crippen LogP) is 1.99. The Morgan fingerprint density at radius 3 is 2.85 bits per heavy atom. The van der Waals surface area contributed by atoms with Gasteiger partial charge < -0.3 is 10.6 Å². The Morgan fingerprint density at radius 1 is 1.40 bits per heavy atom. The maximum Gasteiger partial charge on any atom is 0.124 e. The van der Waals surface area contributed by atoms with E-state index in [0.29, 0.717) is 11.6 Å². The molecule has 3 nitrogen and oxygen atoms in total. The molecule has 0 saturated carbocycles. The van der Waals surface area contributed by atoms with E-state index in [0.717, 1.165) is 38.2 Å². The highest BCUT2D eigenvalue weighted by Gasteiger charge is 2.20. The number of rotatable bonds is 3. The Hall–Kier alpha value is -1.04. The van der Waals surface area contributed by atoms with Gasteiger partial charge in [-0.05, 0) is 50.7 Å². The molecule has 0 spiro atoms. The number of likely N-dealkylation sites (N-methyl/N-ethyl adjacent to an activating group) is 1. The number of thiocarbonyl (C=S) groups is 1. The van der Waals surface area contributed by atoms with Gasteiger partial charge in [0.2, 0.25) is 0 Å². The van der Waals surface area contributed by atoms with Crippen molar-refractivity contribution in [2.75, 3.05) is 26.7 Å². The number of benzene rings is 1. The van der Waals surface area contributed by atoms with Gasteiger partial charge in [-0.2, -0.15) is 0 Å². The molecule has 0 aromatic heterocycles. The predicted molar refractivity (Wildman–Crippen MR) is 84.3 cm³/mol. The Bertz CT molecular complexity index is 492. The second-order valence-electron chi connectivity index (χ2n) is 5.65. The number of hydrogen-bond acceptors (Lipinski definition) is 3. The minimum Gasteiger partial charge on any atom is -0.389 e. The first kappa shape index (κ1) is 15.4. The molecule has 5 heteroatoms. The van der Waals surface area contributed by atoms with Gasteiger partial charge in [-0.3, -0.25) is 4.90 Å². The summed E-state index contributed by atoms with van der Waals surface area (Å²) in [6.07, 6.45) is 1.14. The van der Waals surface area contributed by atoms with Gasteiger partial charge in [0.25, 0.3) is 0 Å². The van der Waals surface area contributed by atoms with Gasteiger partial charge in [-0.15, -0.1) is 0 Å². The van der Waals surface area contributed by atoms with Crippen molar-refractivity contribution < 1.29 is 4.39 Å². The lowest BCUT2D eigenvalue weighted by atomic mass is 10.1. The van der Waals surface area contributed by atoms with Crippen LogP contribution in [0.15, 0.2) is 18.2 Å². The van der Waals surface area contributed by atoms with E-state index in [4.69, 9.17) is 18.0 Å². The molecule has 0 aliphatic carbocycles. The zero-order valence-electron chi connectivity index (χ0n) is 12.1. The summed E-state index contributed by atoms with van der Waals surface area (Å²) in [7, 11) is 2.15. The molecule has 1 saturated heterocycles. The average molecular weight is 295 g/mol. The number of nitrogens with zero attached hydrogens (tertiary/aromatic N) is 2. The van der Waals surface area contributed by atoms with Crippen molar-refractivity contribution >= 4 is 17.2 Å². The third-order valence-electron chi connectivity index (χ3n) is 3.81. The van der Waals surface area contributed by atoms with Crippen LogP contribution < -0.4 is 5.73 Å². The monoisotopic (exact) mass is 295 g/mol. The largest absolute Gasteiger partial charge is 0.389 e. The first-order valence-electron chi connectivity index (χ1n) is 6.97. The minimum absolute atomic E-state index is 0.245. The van der Waals surface area contributed by atoms with Gasteiger partial charge in [0, 0.05) is 31.2 Å². The summed E-state index contributed by atoms with van der Waals surface area (Å²) in [6.45, 7) is 6.14. The van der Waals surface area contributed by atoms with Gasteiger partial charge >= 0.3 is 0 Å². The summed E-state index contributed by atoms with van der Waals surface area (Å²) in [6, 6.07) is 5.32. The Balaban J connectivity index is 2.14. The van der Waals surface area contributed by atoms with Crippen LogP contribution in [0.25, 0.3) is 0 Å². The fourth-order valence-corrected chi connectivity index (χ4v) is 2.89. The Morgan fingerprint density at radius 2 is 2.15 bits per heavy atom. The van der Waals surface area contributed by atoms with Crippen molar-refractivity contribution in [2.45, 2.75) is 25.9 Å². The van der Waals surface area contributed by atoms with E-state index < -0.39 is 0 Å². The molecule has 1 aromatic rings. The molecular weight excluding hydrogens is 273 g/mol. The van der Waals surface area contributed by atoms with E-state index in [1.165, 1.54) is 6.07 Å². The van der Waals surface area contributed by atoms with E-state index >= 15 is 0 Å². The van der Waals surface area contributed by atoms with Crippen LogP contribution >= 0.6 is 12.2 Å². The second-order valence-corrected chi connectivity index (χ2v) is 6.09. The lowest BCUT2D eigenvalue weighted by Gasteiger charge is -2.28. The van der Waals surface area contributed by atoms with E-state index in [-0.39, 0.29) is 10.8 Å². The number of halogens is 1. The molecular formula is C15H22FN3S. The van der Waals surface area contributed by atoms with Crippen LogP contribution in [0, 0.1) is 5.82 Å². The third kappa shape index (κ3) is 3.98. The van der Waals surface area contributed by atoms with Gasteiger partial charge in [-0.25, -0.2) is 4.39 Å². The smallest absolute Gasteiger partial charge is 0.124 e. The van der Waals surface area contributed by atoms with Crippen molar-refractivity contribution in [1.82, 2.24) is 9.80 Å². The van der Waals surface area contributed by atoms with Gasteiger partial charge in [0.05, 0.1) is 0 Å². The van der Waals surface area contributed by atoms with Crippen LogP contribution in [0.1, 0.15) is 24.5 Å². The number of nitrogens with two attached hydrogens (primary N) is 1. The van der Waals surface area contributed by atoms with Crippen LogP contribution in [-0.4, -0.2) is 47.5 Å². The van der Waals surface area contributed by atoms with Gasteiger partial charge in [-0.1, -0.05) is 12.2 Å².